The van der Waals surface area contributed by atoms with E-state index in [0.29, 0.717) is 5.82 Å². The minimum atomic E-state index is -0.397. The highest BCUT2D eigenvalue weighted by molar-refractivity contribution is 7.18. The molecule has 4 N–H and O–H groups in total. The van der Waals surface area contributed by atoms with E-state index in [0.717, 1.165) is 15.1 Å². The molecule has 102 valence electrons. The number of nitrogens with two attached hydrogens (primary N) is 2. The van der Waals surface area contributed by atoms with Crippen LogP contribution in [0.1, 0.15) is 18.7 Å². The van der Waals surface area contributed by atoms with Gasteiger partial charge in [-0.1, -0.05) is 0 Å². The molecule has 7 heteroatoms. The molecular weight excluding hydrogens is 262 g/mol. The van der Waals surface area contributed by atoms with Crippen molar-refractivity contribution in [3.63, 3.8) is 0 Å². The molecule has 0 aliphatic heterocycles. The van der Waals surface area contributed by atoms with E-state index >= 15 is 0 Å². The average Bonchev–Trinajstić information content (AvgIpc) is 2.64. The number of aromatic nitrogens is 2. The number of carbonyl (C=O) groups is 1. The van der Waals surface area contributed by atoms with Crippen LogP contribution in [0.15, 0.2) is 6.07 Å². The molecule has 0 aromatic carbocycles. The van der Waals surface area contributed by atoms with Crippen LogP contribution < -0.4 is 16.4 Å². The second kappa shape index (κ2) is 5.00. The van der Waals surface area contributed by atoms with Crippen molar-refractivity contribution >= 4 is 39.2 Å². The van der Waals surface area contributed by atoms with Gasteiger partial charge in [-0.3, -0.25) is 4.79 Å². The molecule has 2 aromatic rings. The number of rotatable bonds is 4. The van der Waals surface area contributed by atoms with E-state index in [1.54, 1.807) is 11.3 Å². The Morgan fingerprint density at radius 3 is 2.74 bits per heavy atom. The smallest absolute Gasteiger partial charge is 0.237 e. The topological polar surface area (TPSA) is 98.1 Å². The first-order valence-corrected chi connectivity index (χ1v) is 6.78. The van der Waals surface area contributed by atoms with Gasteiger partial charge in [0.1, 0.15) is 10.6 Å². The van der Waals surface area contributed by atoms with Gasteiger partial charge in [0.2, 0.25) is 11.9 Å². The number of fused-ring (bicyclic) bond motifs is 1. The maximum Gasteiger partial charge on any atom is 0.237 e. The van der Waals surface area contributed by atoms with Crippen LogP contribution in [0.5, 0.6) is 0 Å². The van der Waals surface area contributed by atoms with Crippen LogP contribution in [0, 0.1) is 6.92 Å². The number of anilines is 2. The Hall–Kier alpha value is -1.89. The summed E-state index contributed by atoms with van der Waals surface area (Å²) in [4.78, 5) is 23.5. The number of thiophene rings is 1. The summed E-state index contributed by atoms with van der Waals surface area (Å²) >= 11 is 1.55. The van der Waals surface area contributed by atoms with Crippen LogP contribution in [0.2, 0.25) is 0 Å². The first-order chi connectivity index (χ1) is 8.88. The SMILES string of the molecule is Cc1cc2c(N(CC(N)=O)C(C)C)nc(N)nc2s1. The van der Waals surface area contributed by atoms with Crippen molar-refractivity contribution in [1.82, 2.24) is 9.97 Å². The minimum Gasteiger partial charge on any atom is -0.368 e. The minimum absolute atomic E-state index is 0.0882. The van der Waals surface area contributed by atoms with Gasteiger partial charge >= 0.3 is 0 Å². The maximum absolute atomic E-state index is 11.2. The van der Waals surface area contributed by atoms with E-state index in [2.05, 4.69) is 9.97 Å². The van der Waals surface area contributed by atoms with Gasteiger partial charge in [0.25, 0.3) is 0 Å². The van der Waals surface area contributed by atoms with Gasteiger partial charge in [-0.15, -0.1) is 11.3 Å². The van der Waals surface area contributed by atoms with Crippen LogP contribution in [-0.4, -0.2) is 28.5 Å². The highest BCUT2D eigenvalue weighted by Gasteiger charge is 2.19. The molecular formula is C12H17N5OS. The molecule has 0 fully saturated rings. The van der Waals surface area contributed by atoms with E-state index in [1.807, 2.05) is 31.7 Å². The van der Waals surface area contributed by atoms with Crippen LogP contribution >= 0.6 is 11.3 Å². The summed E-state index contributed by atoms with van der Waals surface area (Å²) < 4.78 is 0. The lowest BCUT2D eigenvalue weighted by Gasteiger charge is -2.27. The summed E-state index contributed by atoms with van der Waals surface area (Å²) in [6.45, 7) is 6.07. The van der Waals surface area contributed by atoms with E-state index < -0.39 is 5.91 Å². The fraction of sp³-hybridized carbons (Fsp3) is 0.417. The summed E-state index contributed by atoms with van der Waals surface area (Å²) in [7, 11) is 0. The second-order valence-corrected chi connectivity index (χ2v) is 5.90. The van der Waals surface area contributed by atoms with Gasteiger partial charge in [0.05, 0.1) is 11.9 Å². The van der Waals surface area contributed by atoms with Crippen LogP contribution in [0.4, 0.5) is 11.8 Å². The zero-order chi connectivity index (χ0) is 14.2. The Labute approximate surface area is 115 Å². The van der Waals surface area contributed by atoms with Crippen LogP contribution in [-0.2, 0) is 4.79 Å². The summed E-state index contributed by atoms with van der Waals surface area (Å²) in [6.07, 6.45) is 0. The molecule has 2 aromatic heterocycles. The van der Waals surface area contributed by atoms with Gasteiger partial charge in [-0.05, 0) is 26.8 Å². The zero-order valence-corrected chi connectivity index (χ0v) is 12.0. The molecule has 0 unspecified atom stereocenters. The number of nitrogen functional groups attached to an aromatic ring is 1. The predicted octanol–water partition coefficient (Wildman–Crippen LogP) is 1.28. The van der Waals surface area contributed by atoms with E-state index in [4.69, 9.17) is 11.5 Å². The second-order valence-electron chi connectivity index (χ2n) is 4.67. The third kappa shape index (κ3) is 2.76. The normalized spacial score (nSPS) is 11.2. The van der Waals surface area contributed by atoms with Crippen molar-refractivity contribution in [3.8, 4) is 0 Å². The number of primary amides is 1. The first kappa shape index (κ1) is 13.5. The number of hydrogen-bond donors (Lipinski definition) is 2. The number of hydrogen-bond acceptors (Lipinski definition) is 6. The molecule has 0 saturated heterocycles. The highest BCUT2D eigenvalue weighted by Crippen LogP contribution is 2.31. The number of carbonyl (C=O) groups excluding carboxylic acids is 1. The Balaban J connectivity index is 2.60. The fourth-order valence-corrected chi connectivity index (χ4v) is 2.81. The predicted molar refractivity (Wildman–Crippen MR) is 78.2 cm³/mol. The summed E-state index contributed by atoms with van der Waals surface area (Å²) in [6, 6.07) is 2.09. The molecule has 0 radical (unpaired) electrons. The van der Waals surface area contributed by atoms with E-state index in [1.165, 1.54) is 0 Å². The lowest BCUT2D eigenvalue weighted by molar-refractivity contribution is -0.116. The van der Waals surface area contributed by atoms with Crippen molar-refractivity contribution < 1.29 is 4.79 Å². The molecule has 2 rings (SSSR count). The molecule has 0 saturated carbocycles. The number of nitrogens with zero attached hydrogens (tertiary/aromatic N) is 3. The zero-order valence-electron chi connectivity index (χ0n) is 11.2. The fourth-order valence-electron chi connectivity index (χ4n) is 1.93. The van der Waals surface area contributed by atoms with Crippen molar-refractivity contribution in [2.45, 2.75) is 26.8 Å². The molecule has 19 heavy (non-hydrogen) atoms. The largest absolute Gasteiger partial charge is 0.368 e. The highest BCUT2D eigenvalue weighted by atomic mass is 32.1. The monoisotopic (exact) mass is 279 g/mol. The van der Waals surface area contributed by atoms with Gasteiger partial charge in [0.15, 0.2) is 0 Å². The first-order valence-electron chi connectivity index (χ1n) is 5.97. The molecule has 2 heterocycles. The van der Waals surface area contributed by atoms with E-state index in [-0.39, 0.29) is 18.5 Å². The molecule has 0 atom stereocenters. The number of aryl methyl sites for hydroxylation is 1. The van der Waals surface area contributed by atoms with Gasteiger partial charge in [-0.25, -0.2) is 4.98 Å². The molecule has 0 aliphatic rings. The average molecular weight is 279 g/mol. The summed E-state index contributed by atoms with van der Waals surface area (Å²) in [5.41, 5.74) is 11.0. The molecule has 0 spiro atoms. The maximum atomic E-state index is 11.2. The quantitative estimate of drug-likeness (QED) is 0.878. The lowest BCUT2D eigenvalue weighted by atomic mass is 10.2. The lowest BCUT2D eigenvalue weighted by Crippen LogP contribution is -2.39. The Morgan fingerprint density at radius 1 is 1.47 bits per heavy atom. The van der Waals surface area contributed by atoms with Gasteiger partial charge < -0.3 is 16.4 Å². The Morgan fingerprint density at radius 2 is 2.16 bits per heavy atom. The van der Waals surface area contributed by atoms with Gasteiger partial charge in [-0.2, -0.15) is 4.98 Å². The van der Waals surface area contributed by atoms with Crippen LogP contribution in [0.25, 0.3) is 10.2 Å². The van der Waals surface area contributed by atoms with Crippen molar-refractivity contribution in [3.05, 3.63) is 10.9 Å². The Bertz CT molecular complexity index is 622. The van der Waals surface area contributed by atoms with Crippen molar-refractivity contribution in [2.75, 3.05) is 17.2 Å². The van der Waals surface area contributed by atoms with Crippen molar-refractivity contribution in [2.24, 2.45) is 5.73 Å². The van der Waals surface area contributed by atoms with Gasteiger partial charge in [0, 0.05) is 10.9 Å². The molecule has 1 amide bonds. The van der Waals surface area contributed by atoms with E-state index in [9.17, 15) is 4.79 Å². The summed E-state index contributed by atoms with van der Waals surface area (Å²) in [5.74, 6) is 0.478. The third-order valence-corrected chi connectivity index (χ3v) is 3.68. The third-order valence-electron chi connectivity index (χ3n) is 2.73. The molecule has 0 aliphatic carbocycles. The Kier molecular flexibility index (Phi) is 3.57. The summed E-state index contributed by atoms with van der Waals surface area (Å²) in [5, 5.41) is 0.909. The molecule has 0 bridgehead atoms. The van der Waals surface area contributed by atoms with Crippen molar-refractivity contribution in [1.29, 1.82) is 0 Å². The molecule has 6 nitrogen and oxygen atoms in total. The standard InChI is InChI=1S/C12H17N5OS/c1-6(2)17(5-9(13)18)10-8-4-7(3)19-11(8)16-12(14)15-10/h4,6H,5H2,1-3H3,(H2,13,18)(H2,14,15,16). The van der Waals surface area contributed by atoms with Crippen LogP contribution in [0.3, 0.4) is 0 Å². The number of amides is 1.